The first-order chi connectivity index (χ1) is 13.9. The minimum Gasteiger partial charge on any atom is -0.376 e. The van der Waals surface area contributed by atoms with Gasteiger partial charge in [0.05, 0.1) is 0 Å². The van der Waals surface area contributed by atoms with Crippen molar-refractivity contribution >= 4 is 5.57 Å². The predicted octanol–water partition coefficient (Wildman–Crippen LogP) is 6.15. The Kier molecular flexibility index (Phi) is 6.24. The molecule has 0 fully saturated rings. The molecule has 0 aromatic heterocycles. The molecule has 0 N–H and O–H groups in total. The van der Waals surface area contributed by atoms with E-state index in [1.165, 1.54) is 47.1 Å². The summed E-state index contributed by atoms with van der Waals surface area (Å²) >= 11 is 0. The molecule has 0 unspecified atom stereocenters. The first kappa shape index (κ1) is 18.6. The topological polar surface area (TPSA) is 3.24 Å². The van der Waals surface area contributed by atoms with Gasteiger partial charge in [-0.15, -0.1) is 0 Å². The van der Waals surface area contributed by atoms with Gasteiger partial charge in [0.25, 0.3) is 0 Å². The maximum absolute atomic E-state index is 2.54. The number of hydrogen-bond donors (Lipinski definition) is 0. The number of nitrogens with zero attached hydrogens (tertiary/aromatic N) is 1. The summed E-state index contributed by atoms with van der Waals surface area (Å²) in [5, 5.41) is 0. The maximum atomic E-state index is 2.54. The van der Waals surface area contributed by atoms with Gasteiger partial charge in [-0.1, -0.05) is 84.9 Å². The van der Waals surface area contributed by atoms with Crippen molar-refractivity contribution in [2.24, 2.45) is 0 Å². The zero-order chi connectivity index (χ0) is 19.0. The van der Waals surface area contributed by atoms with Crippen molar-refractivity contribution in [3.63, 3.8) is 0 Å². The smallest absolute Gasteiger partial charge is 0.0213 e. The molecular formula is C27H29N. The van der Waals surface area contributed by atoms with Crippen LogP contribution < -0.4 is 0 Å². The van der Waals surface area contributed by atoms with E-state index in [4.69, 9.17) is 0 Å². The van der Waals surface area contributed by atoms with Crippen LogP contribution in [-0.2, 0) is 19.3 Å². The second-order valence-corrected chi connectivity index (χ2v) is 7.67. The third-order valence-corrected chi connectivity index (χ3v) is 5.65. The quantitative estimate of drug-likeness (QED) is 0.484. The van der Waals surface area contributed by atoms with Gasteiger partial charge in [-0.05, 0) is 59.9 Å². The molecule has 0 spiro atoms. The van der Waals surface area contributed by atoms with Crippen LogP contribution in [0.25, 0.3) is 5.57 Å². The van der Waals surface area contributed by atoms with Crippen LogP contribution in [0.5, 0.6) is 0 Å². The molecule has 0 saturated carbocycles. The van der Waals surface area contributed by atoms with E-state index >= 15 is 0 Å². The number of benzene rings is 3. The highest BCUT2D eigenvalue weighted by molar-refractivity contribution is 5.69. The SMILES string of the molecule is C(=C1/CCCc2ccccc21)/N(CCc1ccccc1)CCc1ccccc1. The Hall–Kier alpha value is -2.80. The molecule has 0 radical (unpaired) electrons. The molecule has 0 heterocycles. The van der Waals surface area contributed by atoms with Crippen LogP contribution in [0.2, 0.25) is 0 Å². The van der Waals surface area contributed by atoms with Gasteiger partial charge in [0.15, 0.2) is 0 Å². The third-order valence-electron chi connectivity index (χ3n) is 5.65. The second-order valence-electron chi connectivity index (χ2n) is 7.67. The Balaban J connectivity index is 1.52. The number of fused-ring (bicyclic) bond motifs is 1. The summed E-state index contributed by atoms with van der Waals surface area (Å²) in [5.74, 6) is 0. The number of hydrogen-bond acceptors (Lipinski definition) is 1. The standard InChI is InChI=1S/C27H29N/c1-3-10-23(11-4-1)18-20-28(21-19-24-12-5-2-6-13-24)22-26-16-9-15-25-14-7-8-17-27(25)26/h1-8,10-14,17,22H,9,15-16,18-21H2/b26-22+. The fourth-order valence-electron chi connectivity index (χ4n) is 4.09. The lowest BCUT2D eigenvalue weighted by Crippen LogP contribution is -2.24. The van der Waals surface area contributed by atoms with Crippen LogP contribution in [0.4, 0.5) is 0 Å². The predicted molar refractivity (Wildman–Crippen MR) is 119 cm³/mol. The van der Waals surface area contributed by atoms with Gasteiger partial charge in [-0.3, -0.25) is 0 Å². The average Bonchev–Trinajstić information content (AvgIpc) is 2.77. The van der Waals surface area contributed by atoms with E-state index in [1.54, 1.807) is 0 Å². The van der Waals surface area contributed by atoms with E-state index in [1.807, 2.05) is 0 Å². The summed E-state index contributed by atoms with van der Waals surface area (Å²) in [5.41, 5.74) is 7.29. The molecule has 3 aromatic rings. The molecule has 142 valence electrons. The lowest BCUT2D eigenvalue weighted by atomic mass is 9.88. The first-order valence-corrected chi connectivity index (χ1v) is 10.5. The molecule has 1 heteroatoms. The first-order valence-electron chi connectivity index (χ1n) is 10.5. The summed E-state index contributed by atoms with van der Waals surface area (Å²) in [6.07, 6.45) is 8.27. The third kappa shape index (κ3) is 4.92. The summed E-state index contributed by atoms with van der Waals surface area (Å²) in [6, 6.07) is 30.6. The lowest BCUT2D eigenvalue weighted by molar-refractivity contribution is 0.384. The maximum Gasteiger partial charge on any atom is 0.0213 e. The summed E-state index contributed by atoms with van der Waals surface area (Å²) < 4.78 is 0. The normalized spacial score (nSPS) is 14.6. The van der Waals surface area contributed by atoms with E-state index in [0.717, 1.165) is 25.9 Å². The van der Waals surface area contributed by atoms with Gasteiger partial charge in [0.2, 0.25) is 0 Å². The van der Waals surface area contributed by atoms with Gasteiger partial charge < -0.3 is 4.90 Å². The van der Waals surface area contributed by atoms with E-state index in [9.17, 15) is 0 Å². The molecule has 28 heavy (non-hydrogen) atoms. The van der Waals surface area contributed by atoms with E-state index < -0.39 is 0 Å². The van der Waals surface area contributed by atoms with Crippen molar-refractivity contribution in [3.05, 3.63) is 113 Å². The molecule has 4 rings (SSSR count). The minimum atomic E-state index is 1.06. The van der Waals surface area contributed by atoms with Crippen molar-refractivity contribution in [1.82, 2.24) is 4.90 Å². The number of rotatable bonds is 7. The largest absolute Gasteiger partial charge is 0.376 e. The van der Waals surface area contributed by atoms with Gasteiger partial charge in [0, 0.05) is 19.3 Å². The zero-order valence-corrected chi connectivity index (χ0v) is 16.6. The van der Waals surface area contributed by atoms with Crippen molar-refractivity contribution in [2.75, 3.05) is 13.1 Å². The Labute approximate surface area is 169 Å². The molecule has 0 bridgehead atoms. The highest BCUT2D eigenvalue weighted by Crippen LogP contribution is 2.30. The monoisotopic (exact) mass is 367 g/mol. The van der Waals surface area contributed by atoms with Gasteiger partial charge >= 0.3 is 0 Å². The van der Waals surface area contributed by atoms with Crippen LogP contribution in [0.15, 0.2) is 91.1 Å². The minimum absolute atomic E-state index is 1.06. The molecular weight excluding hydrogens is 338 g/mol. The van der Waals surface area contributed by atoms with Gasteiger partial charge in [-0.25, -0.2) is 0 Å². The fourth-order valence-corrected chi connectivity index (χ4v) is 4.09. The van der Waals surface area contributed by atoms with E-state index in [0.29, 0.717) is 0 Å². The van der Waals surface area contributed by atoms with Crippen LogP contribution in [0, 0.1) is 0 Å². The van der Waals surface area contributed by atoms with Gasteiger partial charge in [0.1, 0.15) is 0 Å². The summed E-state index contributed by atoms with van der Waals surface area (Å²) in [6.45, 7) is 2.12. The highest BCUT2D eigenvalue weighted by Gasteiger charge is 2.14. The fraction of sp³-hybridized carbons (Fsp3) is 0.259. The molecule has 0 atom stereocenters. The van der Waals surface area contributed by atoms with Crippen molar-refractivity contribution in [2.45, 2.75) is 32.1 Å². The van der Waals surface area contributed by atoms with Crippen LogP contribution in [0.1, 0.15) is 35.1 Å². The second kappa shape index (κ2) is 9.41. The Morgan fingerprint density at radius 1 is 0.643 bits per heavy atom. The number of aryl methyl sites for hydroxylation is 1. The molecule has 1 aliphatic carbocycles. The number of allylic oxidation sites excluding steroid dienone is 1. The molecule has 1 nitrogen and oxygen atoms in total. The lowest BCUT2D eigenvalue weighted by Gasteiger charge is -2.25. The van der Waals surface area contributed by atoms with Crippen molar-refractivity contribution < 1.29 is 0 Å². The van der Waals surface area contributed by atoms with Gasteiger partial charge in [-0.2, -0.15) is 0 Å². The summed E-state index contributed by atoms with van der Waals surface area (Å²) in [4.78, 5) is 2.54. The average molecular weight is 368 g/mol. The Morgan fingerprint density at radius 2 is 1.21 bits per heavy atom. The summed E-state index contributed by atoms with van der Waals surface area (Å²) in [7, 11) is 0. The molecule has 0 saturated heterocycles. The van der Waals surface area contributed by atoms with Crippen LogP contribution in [0.3, 0.4) is 0 Å². The molecule has 0 amide bonds. The molecule has 0 aliphatic heterocycles. The van der Waals surface area contributed by atoms with E-state index in [-0.39, 0.29) is 0 Å². The molecule has 3 aromatic carbocycles. The Bertz CT molecular complexity index is 852. The highest BCUT2D eigenvalue weighted by atomic mass is 15.1. The zero-order valence-electron chi connectivity index (χ0n) is 16.6. The van der Waals surface area contributed by atoms with Crippen molar-refractivity contribution in [1.29, 1.82) is 0 Å². The molecule has 1 aliphatic rings. The van der Waals surface area contributed by atoms with Crippen LogP contribution in [-0.4, -0.2) is 18.0 Å². The van der Waals surface area contributed by atoms with Crippen LogP contribution >= 0.6 is 0 Å². The Morgan fingerprint density at radius 3 is 1.86 bits per heavy atom. The van der Waals surface area contributed by atoms with Crippen molar-refractivity contribution in [3.8, 4) is 0 Å². The van der Waals surface area contributed by atoms with E-state index in [2.05, 4.69) is 96.0 Å².